The Hall–Kier alpha value is -2.15. The van der Waals surface area contributed by atoms with Gasteiger partial charge in [0.15, 0.2) is 0 Å². The number of rotatable bonds is 6. The van der Waals surface area contributed by atoms with Gasteiger partial charge < -0.3 is 15.8 Å². The van der Waals surface area contributed by atoms with E-state index >= 15 is 0 Å². The molecule has 2 rings (SSSR count). The smallest absolute Gasteiger partial charge is 0.270 e. The first kappa shape index (κ1) is 15.2. The number of nitrogens with two attached hydrogens (primary N) is 1. The number of non-ortho nitro benzene ring substituents is 1. The summed E-state index contributed by atoms with van der Waals surface area (Å²) in [6.45, 7) is 1.46. The molecule has 1 fully saturated rings. The Labute approximate surface area is 122 Å². The maximum atomic E-state index is 11.4. The number of primary amides is 1. The number of nitrogens with one attached hydrogen (secondary N) is 1. The van der Waals surface area contributed by atoms with E-state index in [0.29, 0.717) is 18.4 Å². The fourth-order valence-electron chi connectivity index (χ4n) is 2.43. The number of nitro benzene ring substituents is 1. The number of piperidine rings is 1. The Morgan fingerprint density at radius 2 is 2.29 bits per heavy atom. The molecule has 21 heavy (non-hydrogen) atoms. The summed E-state index contributed by atoms with van der Waals surface area (Å²) >= 11 is 0. The highest BCUT2D eigenvalue weighted by Gasteiger charge is 2.17. The van der Waals surface area contributed by atoms with Crippen LogP contribution in [0.3, 0.4) is 0 Å². The maximum absolute atomic E-state index is 11.4. The van der Waals surface area contributed by atoms with Crippen LogP contribution in [0.25, 0.3) is 0 Å². The highest BCUT2D eigenvalue weighted by atomic mass is 16.6. The number of nitrogens with zero attached hydrogens (tertiary/aromatic N) is 1. The molecule has 0 saturated carbocycles. The van der Waals surface area contributed by atoms with Gasteiger partial charge in [-0.25, -0.2) is 0 Å². The summed E-state index contributed by atoms with van der Waals surface area (Å²) in [4.78, 5) is 21.5. The molecular weight excluding hydrogens is 274 g/mol. The van der Waals surface area contributed by atoms with Crippen molar-refractivity contribution in [2.45, 2.75) is 31.7 Å². The zero-order valence-electron chi connectivity index (χ0n) is 11.7. The van der Waals surface area contributed by atoms with Crippen LogP contribution in [-0.2, 0) is 0 Å². The van der Waals surface area contributed by atoms with Crippen molar-refractivity contribution >= 4 is 11.6 Å². The van der Waals surface area contributed by atoms with Crippen molar-refractivity contribution in [1.29, 1.82) is 0 Å². The molecule has 1 unspecified atom stereocenters. The zero-order chi connectivity index (χ0) is 15.2. The Morgan fingerprint density at radius 3 is 2.90 bits per heavy atom. The number of carbonyl (C=O) groups excluding carboxylic acids is 1. The summed E-state index contributed by atoms with van der Waals surface area (Å²) < 4.78 is 5.57. The van der Waals surface area contributed by atoms with Crippen molar-refractivity contribution in [3.05, 3.63) is 33.9 Å². The van der Waals surface area contributed by atoms with Gasteiger partial charge in [0.1, 0.15) is 5.75 Å². The van der Waals surface area contributed by atoms with Crippen LogP contribution in [0.5, 0.6) is 5.75 Å². The zero-order valence-corrected chi connectivity index (χ0v) is 11.7. The number of ether oxygens (including phenoxy) is 1. The van der Waals surface area contributed by atoms with Crippen molar-refractivity contribution in [3.63, 3.8) is 0 Å². The van der Waals surface area contributed by atoms with Gasteiger partial charge in [-0.15, -0.1) is 0 Å². The third-order valence-electron chi connectivity index (χ3n) is 3.58. The van der Waals surface area contributed by atoms with E-state index < -0.39 is 10.8 Å². The summed E-state index contributed by atoms with van der Waals surface area (Å²) in [5.74, 6) is -0.437. The molecule has 1 aromatic rings. The molecule has 7 heteroatoms. The van der Waals surface area contributed by atoms with Crippen LogP contribution in [-0.4, -0.2) is 30.0 Å². The Bertz CT molecular complexity index is 527. The molecule has 114 valence electrons. The molecule has 1 atom stereocenters. The lowest BCUT2D eigenvalue weighted by atomic mass is 10.0. The van der Waals surface area contributed by atoms with Gasteiger partial charge in [-0.3, -0.25) is 14.9 Å². The highest BCUT2D eigenvalue weighted by molar-refractivity contribution is 5.96. The van der Waals surface area contributed by atoms with Crippen molar-refractivity contribution < 1.29 is 14.5 Å². The average Bonchev–Trinajstić information content (AvgIpc) is 2.48. The Balaban J connectivity index is 1.98. The van der Waals surface area contributed by atoms with Gasteiger partial charge in [-0.05, 0) is 31.9 Å². The molecule has 1 saturated heterocycles. The van der Waals surface area contributed by atoms with E-state index in [0.717, 1.165) is 25.5 Å². The summed E-state index contributed by atoms with van der Waals surface area (Å²) in [6.07, 6.45) is 4.36. The molecule has 0 spiro atoms. The first-order valence-electron chi connectivity index (χ1n) is 7.02. The van der Waals surface area contributed by atoms with Gasteiger partial charge in [0.05, 0.1) is 17.1 Å². The van der Waals surface area contributed by atoms with Crippen LogP contribution < -0.4 is 15.8 Å². The predicted molar refractivity (Wildman–Crippen MR) is 77.4 cm³/mol. The molecule has 7 nitrogen and oxygen atoms in total. The van der Waals surface area contributed by atoms with E-state index in [1.807, 2.05) is 0 Å². The largest absolute Gasteiger partial charge is 0.493 e. The van der Waals surface area contributed by atoms with E-state index in [-0.39, 0.29) is 11.3 Å². The number of carbonyl (C=O) groups is 1. The van der Waals surface area contributed by atoms with Gasteiger partial charge in [0, 0.05) is 18.2 Å². The van der Waals surface area contributed by atoms with Crippen molar-refractivity contribution in [2.24, 2.45) is 5.73 Å². The average molecular weight is 293 g/mol. The van der Waals surface area contributed by atoms with Crippen molar-refractivity contribution in [3.8, 4) is 5.75 Å². The molecule has 0 aliphatic carbocycles. The second-order valence-corrected chi connectivity index (χ2v) is 5.09. The van der Waals surface area contributed by atoms with Crippen LogP contribution in [0, 0.1) is 10.1 Å². The van der Waals surface area contributed by atoms with Gasteiger partial charge >= 0.3 is 0 Å². The molecular formula is C14H19N3O4. The number of benzene rings is 1. The second-order valence-electron chi connectivity index (χ2n) is 5.09. The summed E-state index contributed by atoms with van der Waals surface area (Å²) in [5, 5.41) is 14.1. The van der Waals surface area contributed by atoms with E-state index in [4.69, 9.17) is 10.5 Å². The predicted octanol–water partition coefficient (Wildman–Crippen LogP) is 1.60. The van der Waals surface area contributed by atoms with Crippen LogP contribution in [0.2, 0.25) is 0 Å². The second kappa shape index (κ2) is 7.03. The first-order chi connectivity index (χ1) is 10.1. The van der Waals surface area contributed by atoms with Crippen LogP contribution in [0.4, 0.5) is 5.69 Å². The minimum absolute atomic E-state index is 0.0424. The van der Waals surface area contributed by atoms with Crippen LogP contribution in [0.15, 0.2) is 18.2 Å². The lowest BCUT2D eigenvalue weighted by Crippen LogP contribution is -2.35. The van der Waals surface area contributed by atoms with E-state index in [1.54, 1.807) is 0 Å². The Morgan fingerprint density at radius 1 is 1.48 bits per heavy atom. The molecule has 0 bridgehead atoms. The third-order valence-corrected chi connectivity index (χ3v) is 3.58. The normalized spacial score (nSPS) is 18.2. The monoisotopic (exact) mass is 293 g/mol. The number of amides is 1. The standard InChI is InChI=1S/C14H19N3O4/c15-14(18)12-9-11(17(19)20)4-5-13(12)21-8-6-10-3-1-2-7-16-10/h4-5,9-10,16H,1-3,6-8H2,(H2,15,18). The SMILES string of the molecule is NC(=O)c1cc([N+](=O)[O-])ccc1OCCC1CCCCN1. The van der Waals surface area contributed by atoms with E-state index in [1.165, 1.54) is 25.0 Å². The topological polar surface area (TPSA) is 107 Å². The molecule has 1 heterocycles. The molecule has 1 aliphatic rings. The van der Waals surface area contributed by atoms with Gasteiger partial charge in [-0.1, -0.05) is 6.42 Å². The Kier molecular flexibility index (Phi) is 5.10. The minimum Gasteiger partial charge on any atom is -0.493 e. The van der Waals surface area contributed by atoms with E-state index in [2.05, 4.69) is 5.32 Å². The molecule has 0 radical (unpaired) electrons. The summed E-state index contributed by atoms with van der Waals surface area (Å²) in [7, 11) is 0. The minimum atomic E-state index is -0.732. The van der Waals surface area contributed by atoms with Crippen LogP contribution in [0.1, 0.15) is 36.0 Å². The van der Waals surface area contributed by atoms with Crippen molar-refractivity contribution in [2.75, 3.05) is 13.2 Å². The van der Waals surface area contributed by atoms with Gasteiger partial charge in [0.25, 0.3) is 11.6 Å². The fourth-order valence-corrected chi connectivity index (χ4v) is 2.43. The molecule has 3 N–H and O–H groups in total. The molecule has 1 aliphatic heterocycles. The number of hydrogen-bond acceptors (Lipinski definition) is 5. The first-order valence-corrected chi connectivity index (χ1v) is 7.02. The molecule has 1 aromatic carbocycles. The third kappa shape index (κ3) is 4.16. The highest BCUT2D eigenvalue weighted by Crippen LogP contribution is 2.24. The van der Waals surface area contributed by atoms with Crippen molar-refractivity contribution in [1.82, 2.24) is 5.32 Å². The lowest BCUT2D eigenvalue weighted by molar-refractivity contribution is -0.384. The molecule has 0 aromatic heterocycles. The lowest BCUT2D eigenvalue weighted by Gasteiger charge is -2.23. The fraction of sp³-hybridized carbons (Fsp3) is 0.500. The van der Waals surface area contributed by atoms with Gasteiger partial charge in [-0.2, -0.15) is 0 Å². The van der Waals surface area contributed by atoms with E-state index in [9.17, 15) is 14.9 Å². The van der Waals surface area contributed by atoms with Gasteiger partial charge in [0.2, 0.25) is 0 Å². The molecule has 1 amide bonds. The maximum Gasteiger partial charge on any atom is 0.270 e. The number of nitro groups is 1. The number of hydrogen-bond donors (Lipinski definition) is 2. The summed E-state index contributed by atoms with van der Waals surface area (Å²) in [6, 6.07) is 4.30. The quantitative estimate of drug-likeness (QED) is 0.612. The van der Waals surface area contributed by atoms with Crippen LogP contribution >= 0.6 is 0 Å². The summed E-state index contributed by atoms with van der Waals surface area (Å²) in [5.41, 5.74) is 5.11.